The van der Waals surface area contributed by atoms with E-state index < -0.39 is 0 Å². The Kier molecular flexibility index (Phi) is 7.54. The van der Waals surface area contributed by atoms with Gasteiger partial charge in [-0.3, -0.25) is 4.79 Å². The van der Waals surface area contributed by atoms with E-state index in [9.17, 15) is 4.79 Å². The number of piperidine rings is 1. The van der Waals surface area contributed by atoms with Crippen LogP contribution in [0.3, 0.4) is 0 Å². The van der Waals surface area contributed by atoms with Crippen molar-refractivity contribution in [2.24, 2.45) is 5.92 Å². The Bertz CT molecular complexity index is 573. The SMILES string of the molecule is CC(C)(C)c1ccc(C2CCCN2C(=O)CCC2CCNCC2)cc1.Cl. The maximum absolute atomic E-state index is 12.8. The standard InChI is InChI=1S/C22H34N2O.ClH/c1-22(2,3)19-9-7-18(8-10-19)20-5-4-16-24(20)21(25)11-6-17-12-14-23-15-13-17;/h7-10,17,20,23H,4-6,11-16H2,1-3H3;1H. The van der Waals surface area contributed by atoms with Crippen molar-refractivity contribution in [1.82, 2.24) is 10.2 Å². The summed E-state index contributed by atoms with van der Waals surface area (Å²) in [6.07, 6.45) is 6.47. The van der Waals surface area contributed by atoms with Crippen molar-refractivity contribution in [1.29, 1.82) is 0 Å². The predicted molar refractivity (Wildman–Crippen MR) is 111 cm³/mol. The molecule has 0 bridgehead atoms. The van der Waals surface area contributed by atoms with Gasteiger partial charge in [0, 0.05) is 13.0 Å². The molecule has 4 heteroatoms. The summed E-state index contributed by atoms with van der Waals surface area (Å²) in [5, 5.41) is 3.41. The molecular weight excluding hydrogens is 344 g/mol. The van der Waals surface area contributed by atoms with E-state index in [0.29, 0.717) is 5.91 Å². The molecule has 26 heavy (non-hydrogen) atoms. The van der Waals surface area contributed by atoms with Crippen molar-refractivity contribution >= 4 is 18.3 Å². The minimum atomic E-state index is 0. The number of carbonyl (C=O) groups excluding carboxylic acids is 1. The first-order valence-electron chi connectivity index (χ1n) is 10.1. The molecule has 0 aliphatic carbocycles. The molecule has 2 aliphatic rings. The van der Waals surface area contributed by atoms with Gasteiger partial charge in [0.2, 0.25) is 5.91 Å². The number of likely N-dealkylation sites (tertiary alicyclic amines) is 1. The number of nitrogens with one attached hydrogen (secondary N) is 1. The summed E-state index contributed by atoms with van der Waals surface area (Å²) in [5.74, 6) is 1.10. The lowest BCUT2D eigenvalue weighted by atomic mass is 9.86. The fraction of sp³-hybridized carbons (Fsp3) is 0.682. The third-order valence-corrected chi connectivity index (χ3v) is 5.96. The Morgan fingerprint density at radius 1 is 1.12 bits per heavy atom. The van der Waals surface area contributed by atoms with Crippen LogP contribution in [0.15, 0.2) is 24.3 Å². The van der Waals surface area contributed by atoms with Crippen LogP contribution >= 0.6 is 12.4 Å². The summed E-state index contributed by atoms with van der Waals surface area (Å²) in [6, 6.07) is 9.25. The van der Waals surface area contributed by atoms with E-state index in [4.69, 9.17) is 0 Å². The summed E-state index contributed by atoms with van der Waals surface area (Å²) in [7, 11) is 0. The molecule has 146 valence electrons. The zero-order valence-corrected chi connectivity index (χ0v) is 17.4. The van der Waals surface area contributed by atoms with E-state index in [0.717, 1.165) is 51.2 Å². The quantitative estimate of drug-likeness (QED) is 0.812. The lowest BCUT2D eigenvalue weighted by Crippen LogP contribution is -2.32. The highest BCUT2D eigenvalue weighted by Gasteiger charge is 2.30. The lowest BCUT2D eigenvalue weighted by molar-refractivity contribution is -0.132. The summed E-state index contributed by atoms with van der Waals surface area (Å²) in [6.45, 7) is 9.89. The molecule has 0 aromatic heterocycles. The number of benzene rings is 1. The third kappa shape index (κ3) is 5.23. The minimum Gasteiger partial charge on any atom is -0.336 e. The van der Waals surface area contributed by atoms with Gasteiger partial charge in [0.1, 0.15) is 0 Å². The van der Waals surface area contributed by atoms with Gasteiger partial charge in [0.15, 0.2) is 0 Å². The molecule has 0 spiro atoms. The van der Waals surface area contributed by atoms with E-state index in [1.54, 1.807) is 0 Å². The molecule has 3 nitrogen and oxygen atoms in total. The summed E-state index contributed by atoms with van der Waals surface area (Å²) >= 11 is 0. The van der Waals surface area contributed by atoms with Gasteiger partial charge in [0.25, 0.3) is 0 Å². The number of hydrogen-bond acceptors (Lipinski definition) is 2. The number of nitrogens with zero attached hydrogens (tertiary/aromatic N) is 1. The zero-order chi connectivity index (χ0) is 17.9. The largest absolute Gasteiger partial charge is 0.336 e. The molecule has 1 aromatic rings. The average Bonchev–Trinajstić information content (AvgIpc) is 3.10. The smallest absolute Gasteiger partial charge is 0.223 e. The van der Waals surface area contributed by atoms with Crippen molar-refractivity contribution < 1.29 is 4.79 Å². The van der Waals surface area contributed by atoms with Gasteiger partial charge < -0.3 is 10.2 Å². The van der Waals surface area contributed by atoms with E-state index in [-0.39, 0.29) is 23.9 Å². The van der Waals surface area contributed by atoms with Crippen molar-refractivity contribution in [2.75, 3.05) is 19.6 Å². The minimum absolute atomic E-state index is 0. The van der Waals surface area contributed by atoms with Gasteiger partial charge in [-0.05, 0) is 67.7 Å². The Labute approximate surface area is 165 Å². The third-order valence-electron chi connectivity index (χ3n) is 5.96. The maximum Gasteiger partial charge on any atom is 0.223 e. The maximum atomic E-state index is 12.8. The normalized spacial score (nSPS) is 21.5. The summed E-state index contributed by atoms with van der Waals surface area (Å²) in [4.78, 5) is 15.0. The first kappa shape index (κ1) is 21.2. The van der Waals surface area contributed by atoms with Crippen LogP contribution in [0.25, 0.3) is 0 Å². The van der Waals surface area contributed by atoms with Gasteiger partial charge in [-0.2, -0.15) is 0 Å². The highest BCUT2D eigenvalue weighted by molar-refractivity contribution is 5.85. The van der Waals surface area contributed by atoms with Crippen molar-refractivity contribution in [3.63, 3.8) is 0 Å². The first-order chi connectivity index (χ1) is 11.9. The lowest BCUT2D eigenvalue weighted by Gasteiger charge is -2.28. The fourth-order valence-electron chi connectivity index (χ4n) is 4.26. The van der Waals surface area contributed by atoms with Crippen LogP contribution in [0, 0.1) is 5.92 Å². The van der Waals surface area contributed by atoms with Gasteiger partial charge in [0.05, 0.1) is 6.04 Å². The molecule has 3 rings (SSSR count). The summed E-state index contributed by atoms with van der Waals surface area (Å²) < 4.78 is 0. The van der Waals surface area contributed by atoms with Crippen LogP contribution in [-0.2, 0) is 10.2 Å². The zero-order valence-electron chi connectivity index (χ0n) is 16.6. The van der Waals surface area contributed by atoms with Crippen LogP contribution in [0.2, 0.25) is 0 Å². The van der Waals surface area contributed by atoms with Crippen molar-refractivity contribution in [2.45, 2.75) is 70.8 Å². The van der Waals surface area contributed by atoms with Gasteiger partial charge in [-0.15, -0.1) is 12.4 Å². The Morgan fingerprint density at radius 3 is 2.38 bits per heavy atom. The van der Waals surface area contributed by atoms with E-state index >= 15 is 0 Å². The van der Waals surface area contributed by atoms with Crippen LogP contribution < -0.4 is 5.32 Å². The van der Waals surface area contributed by atoms with Crippen LogP contribution in [0.5, 0.6) is 0 Å². The molecule has 2 fully saturated rings. The van der Waals surface area contributed by atoms with E-state index in [2.05, 4.69) is 55.3 Å². The van der Waals surface area contributed by atoms with Crippen LogP contribution in [0.4, 0.5) is 0 Å². The van der Waals surface area contributed by atoms with Crippen molar-refractivity contribution in [3.8, 4) is 0 Å². The first-order valence-corrected chi connectivity index (χ1v) is 10.1. The van der Waals surface area contributed by atoms with Crippen molar-refractivity contribution in [3.05, 3.63) is 35.4 Å². The second kappa shape index (κ2) is 9.23. The molecule has 1 atom stereocenters. The van der Waals surface area contributed by atoms with Crippen LogP contribution in [-0.4, -0.2) is 30.4 Å². The molecule has 0 radical (unpaired) electrons. The fourth-order valence-corrected chi connectivity index (χ4v) is 4.26. The number of halogens is 1. The van der Waals surface area contributed by atoms with Crippen LogP contribution in [0.1, 0.15) is 76.5 Å². The molecule has 2 aliphatic heterocycles. The highest BCUT2D eigenvalue weighted by Crippen LogP contribution is 2.34. The Hall–Kier alpha value is -1.06. The van der Waals surface area contributed by atoms with Gasteiger partial charge in [-0.25, -0.2) is 0 Å². The molecular formula is C22H35ClN2O. The molecule has 2 heterocycles. The van der Waals surface area contributed by atoms with E-state index in [1.165, 1.54) is 24.0 Å². The van der Waals surface area contributed by atoms with E-state index in [1.807, 2.05) is 0 Å². The molecule has 1 aromatic carbocycles. The van der Waals surface area contributed by atoms with Gasteiger partial charge >= 0.3 is 0 Å². The molecule has 0 saturated carbocycles. The topological polar surface area (TPSA) is 32.3 Å². The highest BCUT2D eigenvalue weighted by atomic mass is 35.5. The Morgan fingerprint density at radius 2 is 1.77 bits per heavy atom. The second-order valence-corrected chi connectivity index (χ2v) is 8.85. The molecule has 1 unspecified atom stereocenters. The summed E-state index contributed by atoms with van der Waals surface area (Å²) in [5.41, 5.74) is 2.84. The number of amides is 1. The number of hydrogen-bond donors (Lipinski definition) is 1. The monoisotopic (exact) mass is 378 g/mol. The molecule has 2 saturated heterocycles. The van der Waals surface area contributed by atoms with Gasteiger partial charge in [-0.1, -0.05) is 45.0 Å². The average molecular weight is 379 g/mol. The number of rotatable bonds is 4. The second-order valence-electron chi connectivity index (χ2n) is 8.85. The Balaban J connectivity index is 0.00000243. The predicted octanol–water partition coefficient (Wildman–Crippen LogP) is 4.85. The molecule has 1 N–H and O–H groups in total. The molecule has 1 amide bonds. The number of carbonyl (C=O) groups is 1.